The summed E-state index contributed by atoms with van der Waals surface area (Å²) in [7, 11) is 1.94. The number of fused-ring (bicyclic) bond motifs is 1. The van der Waals surface area contributed by atoms with Gasteiger partial charge in [0.25, 0.3) is 0 Å². The lowest BCUT2D eigenvalue weighted by atomic mass is 10.1. The van der Waals surface area contributed by atoms with Crippen LogP contribution in [0.5, 0.6) is 0 Å². The molecule has 96 valence electrons. The summed E-state index contributed by atoms with van der Waals surface area (Å²) in [5.74, 6) is 0.942. The Hall–Kier alpha value is -2.20. The SMILES string of the molecule is CNC(Cc1ccc2ccccc2n1)c1ncc[nH]1. The number of pyridine rings is 1. The minimum Gasteiger partial charge on any atom is -0.347 e. The predicted octanol–water partition coefficient (Wildman–Crippen LogP) is 2.46. The van der Waals surface area contributed by atoms with Crippen molar-refractivity contribution < 1.29 is 0 Å². The van der Waals surface area contributed by atoms with Gasteiger partial charge in [0.2, 0.25) is 0 Å². The molecule has 0 saturated heterocycles. The summed E-state index contributed by atoms with van der Waals surface area (Å²) in [5.41, 5.74) is 2.10. The van der Waals surface area contributed by atoms with Crippen LogP contribution in [0.1, 0.15) is 17.6 Å². The molecule has 0 bridgehead atoms. The van der Waals surface area contributed by atoms with Crippen molar-refractivity contribution >= 4 is 10.9 Å². The predicted molar refractivity (Wildman–Crippen MR) is 75.8 cm³/mol. The molecule has 0 aliphatic heterocycles. The molecule has 3 aromatic rings. The van der Waals surface area contributed by atoms with Gasteiger partial charge in [-0.15, -0.1) is 0 Å². The lowest BCUT2D eigenvalue weighted by Crippen LogP contribution is -2.20. The van der Waals surface area contributed by atoms with Gasteiger partial charge < -0.3 is 10.3 Å². The molecular weight excluding hydrogens is 236 g/mol. The Bertz CT molecular complexity index is 661. The van der Waals surface area contributed by atoms with E-state index in [1.807, 2.05) is 31.4 Å². The van der Waals surface area contributed by atoms with E-state index in [1.54, 1.807) is 6.20 Å². The van der Waals surface area contributed by atoms with Crippen molar-refractivity contribution in [3.8, 4) is 0 Å². The first-order valence-electron chi connectivity index (χ1n) is 6.38. The molecule has 0 aliphatic rings. The van der Waals surface area contributed by atoms with Crippen LogP contribution in [0.25, 0.3) is 10.9 Å². The van der Waals surface area contributed by atoms with E-state index >= 15 is 0 Å². The summed E-state index contributed by atoms with van der Waals surface area (Å²) < 4.78 is 0. The summed E-state index contributed by atoms with van der Waals surface area (Å²) in [6.45, 7) is 0. The first-order valence-corrected chi connectivity index (χ1v) is 6.38. The Kier molecular flexibility index (Phi) is 3.25. The largest absolute Gasteiger partial charge is 0.347 e. The third-order valence-electron chi connectivity index (χ3n) is 3.27. The number of nitrogens with one attached hydrogen (secondary N) is 2. The second-order valence-electron chi connectivity index (χ2n) is 4.52. The van der Waals surface area contributed by atoms with Crippen LogP contribution in [-0.4, -0.2) is 22.0 Å². The third-order valence-corrected chi connectivity index (χ3v) is 3.27. The Balaban J connectivity index is 1.88. The van der Waals surface area contributed by atoms with Crippen LogP contribution in [0, 0.1) is 0 Å². The standard InChI is InChI=1S/C15H16N4/c1-16-14(15-17-8-9-18-15)10-12-7-6-11-4-2-3-5-13(11)19-12/h2-9,14,16H,10H2,1H3,(H,17,18). The minimum absolute atomic E-state index is 0.156. The van der Waals surface area contributed by atoms with Crippen LogP contribution >= 0.6 is 0 Å². The number of H-pyrrole nitrogens is 1. The highest BCUT2D eigenvalue weighted by atomic mass is 15.0. The maximum atomic E-state index is 4.69. The van der Waals surface area contributed by atoms with Gasteiger partial charge in [-0.05, 0) is 19.2 Å². The lowest BCUT2D eigenvalue weighted by Gasteiger charge is -2.13. The van der Waals surface area contributed by atoms with E-state index in [-0.39, 0.29) is 6.04 Å². The van der Waals surface area contributed by atoms with Gasteiger partial charge in [-0.1, -0.05) is 24.3 Å². The highest BCUT2D eigenvalue weighted by Gasteiger charge is 2.13. The average Bonchev–Trinajstić information content (AvgIpc) is 2.98. The van der Waals surface area contributed by atoms with E-state index in [9.17, 15) is 0 Å². The molecule has 3 rings (SSSR count). The van der Waals surface area contributed by atoms with E-state index < -0.39 is 0 Å². The fraction of sp³-hybridized carbons (Fsp3) is 0.200. The van der Waals surface area contributed by atoms with Gasteiger partial charge in [0.15, 0.2) is 0 Å². The third kappa shape index (κ3) is 2.48. The Morgan fingerprint density at radius 3 is 2.89 bits per heavy atom. The number of likely N-dealkylation sites (N-methyl/N-ethyl adjacent to an activating group) is 1. The molecule has 19 heavy (non-hydrogen) atoms. The van der Waals surface area contributed by atoms with Gasteiger partial charge in [-0.3, -0.25) is 4.98 Å². The molecule has 1 aromatic carbocycles. The van der Waals surface area contributed by atoms with E-state index in [4.69, 9.17) is 4.98 Å². The Morgan fingerprint density at radius 1 is 1.21 bits per heavy atom. The van der Waals surface area contributed by atoms with Crippen molar-refractivity contribution in [1.29, 1.82) is 0 Å². The van der Waals surface area contributed by atoms with E-state index in [1.165, 1.54) is 5.39 Å². The molecule has 2 heterocycles. The normalized spacial score (nSPS) is 12.7. The van der Waals surface area contributed by atoms with Crippen LogP contribution in [0.3, 0.4) is 0 Å². The molecule has 0 fully saturated rings. The average molecular weight is 252 g/mol. The number of aromatic nitrogens is 3. The van der Waals surface area contributed by atoms with Crippen LogP contribution in [0.2, 0.25) is 0 Å². The zero-order chi connectivity index (χ0) is 13.1. The summed E-state index contributed by atoms with van der Waals surface area (Å²) >= 11 is 0. The maximum Gasteiger partial charge on any atom is 0.123 e. The fourth-order valence-electron chi connectivity index (χ4n) is 2.23. The molecule has 1 atom stereocenters. The zero-order valence-corrected chi connectivity index (χ0v) is 10.8. The second-order valence-corrected chi connectivity index (χ2v) is 4.52. The molecule has 1 unspecified atom stereocenters. The zero-order valence-electron chi connectivity index (χ0n) is 10.8. The van der Waals surface area contributed by atoms with Gasteiger partial charge in [0.05, 0.1) is 11.6 Å². The Morgan fingerprint density at radius 2 is 2.11 bits per heavy atom. The summed E-state index contributed by atoms with van der Waals surface area (Å²) in [6.07, 6.45) is 4.43. The van der Waals surface area contributed by atoms with Gasteiger partial charge in [0, 0.05) is 29.9 Å². The number of imidazole rings is 1. The van der Waals surface area contributed by atoms with Crippen molar-refractivity contribution in [2.75, 3.05) is 7.05 Å². The lowest BCUT2D eigenvalue weighted by molar-refractivity contribution is 0.557. The molecule has 0 aliphatic carbocycles. The number of nitrogens with zero attached hydrogens (tertiary/aromatic N) is 2. The molecule has 0 radical (unpaired) electrons. The van der Waals surface area contributed by atoms with Gasteiger partial charge in [-0.2, -0.15) is 0 Å². The number of aromatic amines is 1. The molecule has 2 aromatic heterocycles. The molecule has 2 N–H and O–H groups in total. The van der Waals surface area contributed by atoms with Gasteiger partial charge in [0.1, 0.15) is 5.82 Å². The topological polar surface area (TPSA) is 53.6 Å². The summed E-state index contributed by atoms with van der Waals surface area (Å²) in [4.78, 5) is 12.1. The van der Waals surface area contributed by atoms with Crippen molar-refractivity contribution in [3.05, 3.63) is 60.3 Å². The molecular formula is C15H16N4. The summed E-state index contributed by atoms with van der Waals surface area (Å²) in [6, 6.07) is 12.5. The van der Waals surface area contributed by atoms with E-state index in [0.717, 1.165) is 23.5 Å². The number of benzene rings is 1. The van der Waals surface area contributed by atoms with Crippen LogP contribution in [0.15, 0.2) is 48.8 Å². The number of rotatable bonds is 4. The van der Waals surface area contributed by atoms with Crippen LogP contribution in [0.4, 0.5) is 0 Å². The van der Waals surface area contributed by atoms with E-state index in [0.29, 0.717) is 0 Å². The Labute approximate surface area is 111 Å². The molecule has 0 saturated carbocycles. The van der Waals surface area contributed by atoms with Crippen molar-refractivity contribution in [2.24, 2.45) is 0 Å². The van der Waals surface area contributed by atoms with Crippen LogP contribution < -0.4 is 5.32 Å². The van der Waals surface area contributed by atoms with Crippen LogP contribution in [-0.2, 0) is 6.42 Å². The number of hydrogen-bond acceptors (Lipinski definition) is 3. The number of hydrogen-bond donors (Lipinski definition) is 2. The van der Waals surface area contributed by atoms with Crippen molar-refractivity contribution in [3.63, 3.8) is 0 Å². The van der Waals surface area contributed by atoms with Crippen molar-refractivity contribution in [2.45, 2.75) is 12.5 Å². The quantitative estimate of drug-likeness (QED) is 0.750. The molecule has 4 nitrogen and oxygen atoms in total. The second kappa shape index (κ2) is 5.20. The molecule has 0 spiro atoms. The monoisotopic (exact) mass is 252 g/mol. The summed E-state index contributed by atoms with van der Waals surface area (Å²) in [5, 5.41) is 4.44. The first-order chi connectivity index (χ1) is 9.36. The smallest absolute Gasteiger partial charge is 0.123 e. The molecule has 4 heteroatoms. The highest BCUT2D eigenvalue weighted by molar-refractivity contribution is 5.78. The highest BCUT2D eigenvalue weighted by Crippen LogP contribution is 2.17. The van der Waals surface area contributed by atoms with E-state index in [2.05, 4.69) is 33.5 Å². The fourth-order valence-corrected chi connectivity index (χ4v) is 2.23. The van der Waals surface area contributed by atoms with Crippen molar-refractivity contribution in [1.82, 2.24) is 20.3 Å². The maximum absolute atomic E-state index is 4.69. The van der Waals surface area contributed by atoms with Gasteiger partial charge in [-0.25, -0.2) is 4.98 Å². The number of para-hydroxylation sites is 1. The molecule has 0 amide bonds. The first kappa shape index (κ1) is 11.9. The minimum atomic E-state index is 0.156. The van der Waals surface area contributed by atoms with Gasteiger partial charge >= 0.3 is 0 Å².